The number of amides is 1. The first-order valence-corrected chi connectivity index (χ1v) is 6.90. The molecule has 1 aromatic rings. The molecule has 1 aliphatic heterocycles. The van der Waals surface area contributed by atoms with Crippen molar-refractivity contribution in [2.24, 2.45) is 5.92 Å². The molecule has 2 N–H and O–H groups in total. The molecule has 1 saturated heterocycles. The molecule has 0 radical (unpaired) electrons. The maximum absolute atomic E-state index is 12.4. The number of hydrogen-bond acceptors (Lipinski definition) is 4. The van der Waals surface area contributed by atoms with E-state index in [9.17, 15) is 4.79 Å². The van der Waals surface area contributed by atoms with Gasteiger partial charge in [-0.15, -0.1) is 12.4 Å². The zero-order valence-electron chi connectivity index (χ0n) is 12.6. The van der Waals surface area contributed by atoms with Gasteiger partial charge in [-0.05, 0) is 37.6 Å². The van der Waals surface area contributed by atoms with Gasteiger partial charge in [0.2, 0.25) is 0 Å². The third-order valence-corrected chi connectivity index (χ3v) is 3.75. The van der Waals surface area contributed by atoms with Crippen LogP contribution in [0.25, 0.3) is 0 Å². The Morgan fingerprint density at radius 1 is 1.33 bits per heavy atom. The van der Waals surface area contributed by atoms with E-state index in [-0.39, 0.29) is 24.4 Å². The standard InChI is InChI=1S/C15H22N2O3.ClH/c1-10-9-16-8-7-12(10)17-15(18)11-5-4-6-13(19-2)14(11)20-3;/h4-6,10,12,16H,7-9H2,1-3H3,(H,17,18);1H. The molecule has 2 rings (SSSR count). The molecule has 21 heavy (non-hydrogen) atoms. The highest BCUT2D eigenvalue weighted by Gasteiger charge is 2.25. The van der Waals surface area contributed by atoms with Gasteiger partial charge in [0.1, 0.15) is 0 Å². The minimum absolute atomic E-state index is 0. The summed E-state index contributed by atoms with van der Waals surface area (Å²) in [5.74, 6) is 1.36. The molecule has 1 aliphatic rings. The van der Waals surface area contributed by atoms with E-state index in [1.807, 2.05) is 0 Å². The van der Waals surface area contributed by atoms with Gasteiger partial charge in [-0.1, -0.05) is 13.0 Å². The largest absolute Gasteiger partial charge is 0.493 e. The molecular formula is C15H23ClN2O3. The van der Waals surface area contributed by atoms with E-state index in [2.05, 4.69) is 17.6 Å². The Bertz CT molecular complexity index is 482. The molecule has 118 valence electrons. The number of ether oxygens (including phenoxy) is 2. The van der Waals surface area contributed by atoms with E-state index in [4.69, 9.17) is 9.47 Å². The van der Waals surface area contributed by atoms with E-state index < -0.39 is 0 Å². The predicted molar refractivity (Wildman–Crippen MR) is 84.7 cm³/mol. The minimum Gasteiger partial charge on any atom is -0.493 e. The van der Waals surface area contributed by atoms with Gasteiger partial charge in [-0.25, -0.2) is 0 Å². The summed E-state index contributed by atoms with van der Waals surface area (Å²) in [6.45, 7) is 4.00. The van der Waals surface area contributed by atoms with Crippen LogP contribution in [-0.2, 0) is 0 Å². The predicted octanol–water partition coefficient (Wildman–Crippen LogP) is 1.85. The molecule has 0 bridgehead atoms. The second-order valence-corrected chi connectivity index (χ2v) is 5.09. The molecule has 0 spiro atoms. The van der Waals surface area contributed by atoms with Crippen molar-refractivity contribution in [3.05, 3.63) is 23.8 Å². The second kappa shape index (κ2) is 8.10. The highest BCUT2D eigenvalue weighted by atomic mass is 35.5. The van der Waals surface area contributed by atoms with Gasteiger partial charge >= 0.3 is 0 Å². The lowest BCUT2D eigenvalue weighted by Gasteiger charge is -2.30. The van der Waals surface area contributed by atoms with Crippen molar-refractivity contribution in [1.82, 2.24) is 10.6 Å². The van der Waals surface area contributed by atoms with Gasteiger partial charge in [0.15, 0.2) is 11.5 Å². The van der Waals surface area contributed by atoms with Crippen molar-refractivity contribution in [2.45, 2.75) is 19.4 Å². The van der Waals surface area contributed by atoms with Crippen LogP contribution >= 0.6 is 12.4 Å². The van der Waals surface area contributed by atoms with E-state index in [1.54, 1.807) is 32.4 Å². The molecule has 5 nitrogen and oxygen atoms in total. The fraction of sp³-hybridized carbons (Fsp3) is 0.533. The Kier molecular flexibility index (Phi) is 6.78. The first-order chi connectivity index (χ1) is 9.67. The van der Waals surface area contributed by atoms with E-state index >= 15 is 0 Å². The number of rotatable bonds is 4. The monoisotopic (exact) mass is 314 g/mol. The van der Waals surface area contributed by atoms with Crippen molar-refractivity contribution in [3.63, 3.8) is 0 Å². The third-order valence-electron chi connectivity index (χ3n) is 3.75. The summed E-state index contributed by atoms with van der Waals surface area (Å²) in [6, 6.07) is 5.52. The van der Waals surface area contributed by atoms with Gasteiger partial charge in [0, 0.05) is 6.04 Å². The van der Waals surface area contributed by atoms with Gasteiger partial charge in [0.05, 0.1) is 19.8 Å². The summed E-state index contributed by atoms with van der Waals surface area (Å²) in [5, 5.41) is 6.42. The van der Waals surface area contributed by atoms with E-state index in [0.717, 1.165) is 19.5 Å². The number of halogens is 1. The SMILES string of the molecule is COc1cccc(C(=O)NC2CCNCC2C)c1OC.Cl. The summed E-state index contributed by atoms with van der Waals surface area (Å²) in [6.07, 6.45) is 0.944. The highest BCUT2D eigenvalue weighted by molar-refractivity contribution is 5.98. The molecule has 1 aromatic carbocycles. The van der Waals surface area contributed by atoms with Crippen molar-refractivity contribution < 1.29 is 14.3 Å². The number of hydrogen-bond donors (Lipinski definition) is 2. The van der Waals surface area contributed by atoms with Crippen LogP contribution in [0, 0.1) is 5.92 Å². The molecular weight excluding hydrogens is 292 g/mol. The third kappa shape index (κ3) is 4.02. The van der Waals surface area contributed by atoms with Crippen LogP contribution in [0.4, 0.5) is 0 Å². The maximum atomic E-state index is 12.4. The molecule has 2 unspecified atom stereocenters. The summed E-state index contributed by atoms with van der Waals surface area (Å²) in [5.41, 5.74) is 0.512. The van der Waals surface area contributed by atoms with Crippen LogP contribution < -0.4 is 20.1 Å². The summed E-state index contributed by atoms with van der Waals surface area (Å²) >= 11 is 0. The molecule has 1 fully saturated rings. The fourth-order valence-corrected chi connectivity index (χ4v) is 2.54. The number of carbonyl (C=O) groups is 1. The zero-order chi connectivity index (χ0) is 14.5. The number of piperidine rings is 1. The Balaban J connectivity index is 0.00000220. The smallest absolute Gasteiger partial charge is 0.255 e. The minimum atomic E-state index is -0.112. The summed E-state index contributed by atoms with van der Waals surface area (Å²) < 4.78 is 10.5. The van der Waals surface area contributed by atoms with Crippen molar-refractivity contribution in [2.75, 3.05) is 27.3 Å². The molecule has 2 atom stereocenters. The quantitative estimate of drug-likeness (QED) is 0.890. The van der Waals surface area contributed by atoms with E-state index in [0.29, 0.717) is 23.0 Å². The molecule has 6 heteroatoms. The number of nitrogens with one attached hydrogen (secondary N) is 2. The van der Waals surface area contributed by atoms with Crippen LogP contribution in [0.1, 0.15) is 23.7 Å². The molecule has 0 aromatic heterocycles. The summed E-state index contributed by atoms with van der Waals surface area (Å²) in [7, 11) is 3.11. The average molecular weight is 315 g/mol. The number of methoxy groups -OCH3 is 2. The number of benzene rings is 1. The average Bonchev–Trinajstić information content (AvgIpc) is 2.48. The maximum Gasteiger partial charge on any atom is 0.255 e. The number of para-hydroxylation sites is 1. The normalized spacial score (nSPS) is 21.1. The first kappa shape index (κ1) is 17.6. The van der Waals surface area contributed by atoms with E-state index in [1.165, 1.54) is 0 Å². The van der Waals surface area contributed by atoms with Crippen LogP contribution in [0.15, 0.2) is 18.2 Å². The lowest BCUT2D eigenvalue weighted by molar-refractivity contribution is 0.0910. The lowest BCUT2D eigenvalue weighted by Crippen LogP contribution is -2.48. The zero-order valence-corrected chi connectivity index (χ0v) is 13.5. The summed E-state index contributed by atoms with van der Waals surface area (Å²) in [4.78, 5) is 12.4. The van der Waals surface area contributed by atoms with Crippen LogP contribution in [0.2, 0.25) is 0 Å². The van der Waals surface area contributed by atoms with Gasteiger partial charge in [-0.2, -0.15) is 0 Å². The van der Waals surface area contributed by atoms with Gasteiger partial charge in [-0.3, -0.25) is 4.79 Å². The molecule has 0 saturated carbocycles. The van der Waals surface area contributed by atoms with Gasteiger partial charge < -0.3 is 20.1 Å². The van der Waals surface area contributed by atoms with Crippen molar-refractivity contribution in [3.8, 4) is 11.5 Å². The second-order valence-electron chi connectivity index (χ2n) is 5.09. The molecule has 1 heterocycles. The Morgan fingerprint density at radius 3 is 2.71 bits per heavy atom. The Labute approximate surface area is 131 Å². The van der Waals surface area contributed by atoms with Crippen LogP contribution in [0.3, 0.4) is 0 Å². The van der Waals surface area contributed by atoms with Crippen molar-refractivity contribution in [1.29, 1.82) is 0 Å². The molecule has 0 aliphatic carbocycles. The highest BCUT2D eigenvalue weighted by Crippen LogP contribution is 2.30. The lowest BCUT2D eigenvalue weighted by atomic mass is 9.95. The Hall–Kier alpha value is -1.46. The Morgan fingerprint density at radius 2 is 2.10 bits per heavy atom. The van der Waals surface area contributed by atoms with Crippen LogP contribution in [0.5, 0.6) is 11.5 Å². The van der Waals surface area contributed by atoms with Crippen LogP contribution in [-0.4, -0.2) is 39.3 Å². The first-order valence-electron chi connectivity index (χ1n) is 6.90. The fourth-order valence-electron chi connectivity index (χ4n) is 2.54. The number of carbonyl (C=O) groups excluding carboxylic acids is 1. The molecule has 1 amide bonds. The van der Waals surface area contributed by atoms with Crippen molar-refractivity contribution >= 4 is 18.3 Å². The topological polar surface area (TPSA) is 59.6 Å². The van der Waals surface area contributed by atoms with Gasteiger partial charge in [0.25, 0.3) is 5.91 Å².